The van der Waals surface area contributed by atoms with Crippen LogP contribution in [0.1, 0.15) is 32.1 Å². The van der Waals surface area contributed by atoms with Crippen LogP contribution in [0, 0.1) is 0 Å². The number of amides is 2. The molecule has 35 heavy (non-hydrogen) atoms. The van der Waals surface area contributed by atoms with Gasteiger partial charge in [0, 0.05) is 21.8 Å². The molecule has 0 aliphatic rings. The smallest absolute Gasteiger partial charge is 0.244 e. The Morgan fingerprint density at radius 1 is 1.03 bits per heavy atom. The molecule has 12 heteroatoms. The molecule has 3 aromatic rings. The van der Waals surface area contributed by atoms with Crippen molar-refractivity contribution in [3.8, 4) is 11.3 Å². The fraction of sp³-hybridized carbons (Fsp3) is 0.261. The van der Waals surface area contributed by atoms with E-state index in [0.29, 0.717) is 30.1 Å². The lowest BCUT2D eigenvalue weighted by molar-refractivity contribution is -0.129. The average molecular weight is 582 g/mol. The van der Waals surface area contributed by atoms with Crippen LogP contribution < -0.4 is 15.5 Å². The summed E-state index contributed by atoms with van der Waals surface area (Å²) in [4.78, 5) is 28.7. The summed E-state index contributed by atoms with van der Waals surface area (Å²) in [6.07, 6.45) is 1.92. The number of sulfonamides is 1. The van der Waals surface area contributed by atoms with Crippen LogP contribution in [0.3, 0.4) is 0 Å². The highest BCUT2D eigenvalue weighted by Gasteiger charge is 2.26. The summed E-state index contributed by atoms with van der Waals surface area (Å²) in [5.74, 6) is -1.01. The van der Waals surface area contributed by atoms with Gasteiger partial charge in [-0.05, 0) is 37.1 Å². The van der Waals surface area contributed by atoms with E-state index < -0.39 is 27.9 Å². The van der Waals surface area contributed by atoms with Gasteiger partial charge >= 0.3 is 0 Å². The molecule has 0 unspecified atom stereocenters. The zero-order valence-electron chi connectivity index (χ0n) is 18.6. The maximum atomic E-state index is 13.1. The Morgan fingerprint density at radius 3 is 2.43 bits per heavy atom. The van der Waals surface area contributed by atoms with Crippen LogP contribution >= 0.6 is 27.3 Å². The van der Waals surface area contributed by atoms with Crippen LogP contribution in [0.5, 0.6) is 0 Å². The van der Waals surface area contributed by atoms with Crippen LogP contribution in [-0.2, 0) is 19.6 Å². The van der Waals surface area contributed by atoms with Crippen molar-refractivity contribution in [1.29, 1.82) is 0 Å². The molecule has 3 rings (SSSR count). The van der Waals surface area contributed by atoms with Crippen LogP contribution in [0.15, 0.2) is 69.3 Å². The third-order valence-corrected chi connectivity index (χ3v) is 7.84. The third kappa shape index (κ3) is 8.22. The molecule has 186 valence electrons. The van der Waals surface area contributed by atoms with Gasteiger partial charge in [-0.1, -0.05) is 59.1 Å². The molecule has 0 aliphatic heterocycles. The molecule has 1 atom stereocenters. The molecule has 0 aliphatic carbocycles. The lowest BCUT2D eigenvalue weighted by Gasteiger charge is -2.18. The van der Waals surface area contributed by atoms with Crippen LogP contribution in [0.2, 0.25) is 0 Å². The quantitative estimate of drug-likeness (QED) is 0.143. The zero-order chi connectivity index (χ0) is 25.3. The number of carbonyl (C=O) groups excluding carboxylic acids is 2. The normalized spacial score (nSPS) is 12.2. The Balaban J connectivity index is 1.70. The molecular weight excluding hydrogens is 556 g/mol. The number of rotatable bonds is 12. The van der Waals surface area contributed by atoms with Gasteiger partial charge in [0.1, 0.15) is 6.04 Å². The van der Waals surface area contributed by atoms with Crippen molar-refractivity contribution in [1.82, 2.24) is 15.2 Å². The minimum Gasteiger partial charge on any atom is -0.301 e. The van der Waals surface area contributed by atoms with Gasteiger partial charge in [0.2, 0.25) is 21.8 Å². The first kappa shape index (κ1) is 27.0. The number of benzene rings is 2. The Bertz CT molecular complexity index is 1230. The molecule has 9 nitrogen and oxygen atoms in total. The first-order valence-corrected chi connectivity index (χ1v) is 14.0. The van der Waals surface area contributed by atoms with Gasteiger partial charge in [-0.15, -0.1) is 11.3 Å². The highest BCUT2D eigenvalue weighted by molar-refractivity contribution is 9.10. The number of aromatic nitrogens is 1. The second-order valence-corrected chi connectivity index (χ2v) is 11.1. The number of thiazole rings is 1. The van der Waals surface area contributed by atoms with Gasteiger partial charge < -0.3 is 5.32 Å². The zero-order valence-corrected chi connectivity index (χ0v) is 21.8. The van der Waals surface area contributed by atoms with Crippen molar-refractivity contribution >= 4 is 54.2 Å². The Morgan fingerprint density at radius 2 is 1.74 bits per heavy atom. The highest BCUT2D eigenvalue weighted by Crippen LogP contribution is 2.25. The standard InChI is InChI=1S/C23H25BrN4O5S2/c24-17-11-13-18(14-12-17)35(32,33)28-19(9-5-2-6-10-21(29)27-31)22(30)26-23-25-20(15-34-23)16-7-3-1-4-8-16/h1,3-4,7-8,11-15,19,28,31H,2,5-6,9-10H2,(H,27,29)(H,25,26,30)/t19-/m0/s1. The Labute approximate surface area is 216 Å². The molecule has 4 N–H and O–H groups in total. The van der Waals surface area contributed by atoms with Crippen LogP contribution in [-0.4, -0.2) is 36.5 Å². The van der Waals surface area contributed by atoms with Gasteiger partial charge in [-0.25, -0.2) is 18.9 Å². The molecule has 1 aromatic heterocycles. The SMILES string of the molecule is O=C(CCCCC[C@H](NS(=O)(=O)c1ccc(Br)cc1)C(=O)Nc1nc(-c2ccccc2)cs1)NO. The minimum atomic E-state index is -3.96. The second kappa shape index (κ2) is 12.9. The van der Waals surface area contributed by atoms with E-state index in [1.54, 1.807) is 17.6 Å². The number of hydroxylamine groups is 1. The van der Waals surface area contributed by atoms with Crippen molar-refractivity contribution in [3.05, 3.63) is 64.5 Å². The summed E-state index contributed by atoms with van der Waals surface area (Å²) in [6, 6.07) is 14.6. The van der Waals surface area contributed by atoms with Crippen molar-refractivity contribution in [2.75, 3.05) is 5.32 Å². The molecule has 2 amide bonds. The first-order chi connectivity index (χ1) is 16.8. The van der Waals surface area contributed by atoms with Crippen molar-refractivity contribution < 1.29 is 23.2 Å². The molecule has 1 heterocycles. The number of halogens is 1. The summed E-state index contributed by atoms with van der Waals surface area (Å²) >= 11 is 4.53. The predicted octanol–water partition coefficient (Wildman–Crippen LogP) is 4.31. The average Bonchev–Trinajstić information content (AvgIpc) is 3.32. The molecule has 0 saturated heterocycles. The van der Waals surface area contributed by atoms with E-state index in [1.165, 1.54) is 23.5 Å². The molecule has 0 spiro atoms. The van der Waals surface area contributed by atoms with E-state index in [0.717, 1.165) is 10.0 Å². The fourth-order valence-corrected chi connectivity index (χ4v) is 5.46. The number of anilines is 1. The van der Waals surface area contributed by atoms with E-state index in [2.05, 4.69) is 31.0 Å². The van der Waals surface area contributed by atoms with Gasteiger partial charge in [-0.2, -0.15) is 4.72 Å². The molecule has 0 radical (unpaired) electrons. The maximum absolute atomic E-state index is 13.1. The highest BCUT2D eigenvalue weighted by atomic mass is 79.9. The number of hydrogen-bond donors (Lipinski definition) is 4. The van der Waals surface area contributed by atoms with Gasteiger partial charge in [0.25, 0.3) is 0 Å². The van der Waals surface area contributed by atoms with E-state index in [1.807, 2.05) is 35.7 Å². The van der Waals surface area contributed by atoms with E-state index in [9.17, 15) is 18.0 Å². The molecule has 2 aromatic carbocycles. The maximum Gasteiger partial charge on any atom is 0.244 e. The summed E-state index contributed by atoms with van der Waals surface area (Å²) in [5.41, 5.74) is 3.19. The van der Waals surface area contributed by atoms with Gasteiger partial charge in [0.05, 0.1) is 10.6 Å². The lowest BCUT2D eigenvalue weighted by Crippen LogP contribution is -2.43. The number of nitrogens with zero attached hydrogens (tertiary/aromatic N) is 1. The largest absolute Gasteiger partial charge is 0.301 e. The van der Waals surface area contributed by atoms with E-state index >= 15 is 0 Å². The summed E-state index contributed by atoms with van der Waals surface area (Å²) in [7, 11) is -3.96. The van der Waals surface area contributed by atoms with Gasteiger partial charge in [-0.3, -0.25) is 14.8 Å². The topological polar surface area (TPSA) is 137 Å². The summed E-state index contributed by atoms with van der Waals surface area (Å²) < 4.78 is 29.1. The summed E-state index contributed by atoms with van der Waals surface area (Å²) in [6.45, 7) is 0. The number of carbonyl (C=O) groups is 2. The van der Waals surface area contributed by atoms with Crippen molar-refractivity contribution in [2.45, 2.75) is 43.0 Å². The Hall–Kier alpha value is -2.64. The number of nitrogens with one attached hydrogen (secondary N) is 3. The van der Waals surface area contributed by atoms with E-state index in [-0.39, 0.29) is 17.7 Å². The van der Waals surface area contributed by atoms with Crippen molar-refractivity contribution in [2.24, 2.45) is 0 Å². The number of unbranched alkanes of at least 4 members (excludes halogenated alkanes) is 2. The van der Waals surface area contributed by atoms with E-state index in [4.69, 9.17) is 5.21 Å². The van der Waals surface area contributed by atoms with Gasteiger partial charge in [0.15, 0.2) is 5.13 Å². The van der Waals surface area contributed by atoms with Crippen molar-refractivity contribution in [3.63, 3.8) is 0 Å². The predicted molar refractivity (Wildman–Crippen MR) is 137 cm³/mol. The number of hydrogen-bond acceptors (Lipinski definition) is 7. The van der Waals surface area contributed by atoms with Crippen LogP contribution in [0.4, 0.5) is 5.13 Å². The second-order valence-electron chi connectivity index (χ2n) is 7.66. The van der Waals surface area contributed by atoms with Crippen LogP contribution in [0.25, 0.3) is 11.3 Å². The molecule has 0 fully saturated rings. The Kier molecular flexibility index (Phi) is 9.93. The first-order valence-electron chi connectivity index (χ1n) is 10.8. The molecule has 0 saturated carbocycles. The molecule has 0 bridgehead atoms. The monoisotopic (exact) mass is 580 g/mol. The lowest BCUT2D eigenvalue weighted by atomic mass is 10.1. The summed E-state index contributed by atoms with van der Waals surface area (Å²) in [5, 5.41) is 13.5. The fourth-order valence-electron chi connectivity index (χ4n) is 3.24. The third-order valence-electron chi connectivity index (χ3n) is 5.06. The molecular formula is C23H25BrN4O5S2. The minimum absolute atomic E-state index is 0.0405.